The summed E-state index contributed by atoms with van der Waals surface area (Å²) in [6.45, 7) is 11.4. The molecule has 1 aromatic heterocycles. The van der Waals surface area contributed by atoms with E-state index in [1.165, 1.54) is 12.0 Å². The third-order valence-electron chi connectivity index (χ3n) is 3.36. The summed E-state index contributed by atoms with van der Waals surface area (Å²) in [5, 5.41) is 0. The van der Waals surface area contributed by atoms with Crippen molar-refractivity contribution in [2.75, 3.05) is 18.0 Å². The van der Waals surface area contributed by atoms with Crippen LogP contribution in [0.3, 0.4) is 0 Å². The molecule has 0 bridgehead atoms. The van der Waals surface area contributed by atoms with Crippen LogP contribution in [-0.4, -0.2) is 18.1 Å². The molecule has 1 aliphatic rings. The van der Waals surface area contributed by atoms with Crippen molar-refractivity contribution in [1.82, 2.24) is 4.98 Å². The average molecular weight is 218 g/mol. The van der Waals surface area contributed by atoms with Crippen LogP contribution in [0.15, 0.2) is 18.3 Å². The van der Waals surface area contributed by atoms with Crippen molar-refractivity contribution in [1.29, 1.82) is 0 Å². The Labute approximate surface area is 98.7 Å². The number of hydrogen-bond acceptors (Lipinski definition) is 2. The Balaban J connectivity index is 2.23. The van der Waals surface area contributed by atoms with Gasteiger partial charge in [0.15, 0.2) is 0 Å². The monoisotopic (exact) mass is 218 g/mol. The summed E-state index contributed by atoms with van der Waals surface area (Å²) in [5.74, 6) is 1.96. The molecule has 0 spiro atoms. The molecule has 1 unspecified atom stereocenters. The van der Waals surface area contributed by atoms with E-state index in [0.717, 1.165) is 24.8 Å². The Morgan fingerprint density at radius 3 is 2.69 bits per heavy atom. The van der Waals surface area contributed by atoms with Gasteiger partial charge in [0.05, 0.1) is 0 Å². The molecule has 2 heteroatoms. The first kappa shape index (κ1) is 11.4. The van der Waals surface area contributed by atoms with Gasteiger partial charge in [0.25, 0.3) is 0 Å². The lowest BCUT2D eigenvalue weighted by atomic mass is 9.88. The number of rotatable bonds is 1. The molecule has 2 rings (SSSR count). The van der Waals surface area contributed by atoms with Crippen LogP contribution in [-0.2, 0) is 5.41 Å². The molecule has 1 saturated heterocycles. The molecule has 0 radical (unpaired) electrons. The molecular formula is C14H22N2. The summed E-state index contributed by atoms with van der Waals surface area (Å²) in [7, 11) is 0. The predicted octanol–water partition coefficient (Wildman–Crippen LogP) is 3.23. The Hall–Kier alpha value is -1.05. The minimum atomic E-state index is 0.211. The lowest BCUT2D eigenvalue weighted by Gasteiger charge is -2.22. The normalized spacial score (nSPS) is 21.5. The maximum absolute atomic E-state index is 4.50. The van der Waals surface area contributed by atoms with Crippen LogP contribution in [0.2, 0.25) is 0 Å². The average Bonchev–Trinajstić information content (AvgIpc) is 2.64. The second kappa shape index (κ2) is 4.08. The summed E-state index contributed by atoms with van der Waals surface area (Å²) < 4.78 is 0. The van der Waals surface area contributed by atoms with Gasteiger partial charge >= 0.3 is 0 Å². The largest absolute Gasteiger partial charge is 0.356 e. The number of anilines is 1. The zero-order valence-corrected chi connectivity index (χ0v) is 10.8. The molecule has 2 nitrogen and oxygen atoms in total. The molecule has 16 heavy (non-hydrogen) atoms. The van der Waals surface area contributed by atoms with E-state index in [-0.39, 0.29) is 5.41 Å². The topological polar surface area (TPSA) is 16.1 Å². The molecule has 0 N–H and O–H groups in total. The minimum absolute atomic E-state index is 0.211. The van der Waals surface area contributed by atoms with Crippen LogP contribution in [0.1, 0.15) is 39.7 Å². The van der Waals surface area contributed by atoms with E-state index in [1.807, 2.05) is 6.20 Å². The van der Waals surface area contributed by atoms with Gasteiger partial charge < -0.3 is 4.90 Å². The number of nitrogens with zero attached hydrogens (tertiary/aromatic N) is 2. The Morgan fingerprint density at radius 2 is 2.12 bits per heavy atom. The Kier molecular flexibility index (Phi) is 2.92. The molecule has 2 heterocycles. The maximum Gasteiger partial charge on any atom is 0.128 e. The molecule has 1 aromatic rings. The standard InChI is InChI=1S/C14H22N2/c1-11-6-8-16(10-11)13-9-12(5-7-15-13)14(2,3)4/h5,7,9,11H,6,8,10H2,1-4H3. The van der Waals surface area contributed by atoms with Crippen molar-refractivity contribution in [3.05, 3.63) is 23.9 Å². The highest BCUT2D eigenvalue weighted by atomic mass is 15.2. The molecular weight excluding hydrogens is 196 g/mol. The van der Waals surface area contributed by atoms with Crippen molar-refractivity contribution in [2.45, 2.75) is 39.5 Å². The van der Waals surface area contributed by atoms with Crippen LogP contribution in [0.5, 0.6) is 0 Å². The smallest absolute Gasteiger partial charge is 0.128 e. The number of pyridine rings is 1. The lowest BCUT2D eigenvalue weighted by Crippen LogP contribution is -2.21. The minimum Gasteiger partial charge on any atom is -0.356 e. The number of aromatic nitrogens is 1. The van der Waals surface area contributed by atoms with Gasteiger partial charge in [0, 0.05) is 19.3 Å². The maximum atomic E-state index is 4.50. The van der Waals surface area contributed by atoms with Gasteiger partial charge in [-0.3, -0.25) is 0 Å². The second-order valence-electron chi connectivity index (χ2n) is 5.99. The van der Waals surface area contributed by atoms with E-state index in [2.05, 4.69) is 49.7 Å². The van der Waals surface area contributed by atoms with Gasteiger partial charge in [-0.1, -0.05) is 27.7 Å². The quantitative estimate of drug-likeness (QED) is 0.719. The Morgan fingerprint density at radius 1 is 1.38 bits per heavy atom. The van der Waals surface area contributed by atoms with Crippen LogP contribution in [0.4, 0.5) is 5.82 Å². The van der Waals surface area contributed by atoms with Crippen molar-refractivity contribution in [3.8, 4) is 0 Å². The van der Waals surface area contributed by atoms with E-state index >= 15 is 0 Å². The van der Waals surface area contributed by atoms with Crippen LogP contribution >= 0.6 is 0 Å². The van der Waals surface area contributed by atoms with Crippen LogP contribution in [0.25, 0.3) is 0 Å². The summed E-state index contributed by atoms with van der Waals surface area (Å²) in [6, 6.07) is 4.38. The number of hydrogen-bond donors (Lipinski definition) is 0. The van der Waals surface area contributed by atoms with Gasteiger partial charge in [-0.25, -0.2) is 4.98 Å². The summed E-state index contributed by atoms with van der Waals surface area (Å²) in [5.41, 5.74) is 1.58. The van der Waals surface area contributed by atoms with E-state index < -0.39 is 0 Å². The van der Waals surface area contributed by atoms with Gasteiger partial charge in [-0.2, -0.15) is 0 Å². The first-order valence-corrected chi connectivity index (χ1v) is 6.18. The van der Waals surface area contributed by atoms with Gasteiger partial charge in [-0.05, 0) is 35.4 Å². The van der Waals surface area contributed by atoms with Crippen molar-refractivity contribution in [2.24, 2.45) is 5.92 Å². The second-order valence-corrected chi connectivity index (χ2v) is 5.99. The highest BCUT2D eigenvalue weighted by Crippen LogP contribution is 2.27. The summed E-state index contributed by atoms with van der Waals surface area (Å²) in [6.07, 6.45) is 3.24. The molecule has 0 aliphatic carbocycles. The molecule has 88 valence electrons. The van der Waals surface area contributed by atoms with E-state index in [1.54, 1.807) is 0 Å². The highest BCUT2D eigenvalue weighted by molar-refractivity contribution is 5.43. The van der Waals surface area contributed by atoms with Crippen LogP contribution < -0.4 is 4.90 Å². The molecule has 0 amide bonds. The lowest BCUT2D eigenvalue weighted by molar-refractivity contribution is 0.589. The SMILES string of the molecule is CC1CCN(c2cc(C(C)(C)C)ccn2)C1. The van der Waals surface area contributed by atoms with E-state index in [9.17, 15) is 0 Å². The highest BCUT2D eigenvalue weighted by Gasteiger charge is 2.21. The van der Waals surface area contributed by atoms with E-state index in [0.29, 0.717) is 0 Å². The Bertz CT molecular complexity index is 365. The van der Waals surface area contributed by atoms with Gasteiger partial charge in [-0.15, -0.1) is 0 Å². The molecule has 1 aliphatic heterocycles. The third kappa shape index (κ3) is 2.37. The molecule has 1 fully saturated rings. The van der Waals surface area contributed by atoms with Crippen molar-refractivity contribution in [3.63, 3.8) is 0 Å². The zero-order chi connectivity index (χ0) is 11.8. The van der Waals surface area contributed by atoms with Crippen molar-refractivity contribution < 1.29 is 0 Å². The third-order valence-corrected chi connectivity index (χ3v) is 3.36. The van der Waals surface area contributed by atoms with E-state index in [4.69, 9.17) is 0 Å². The molecule has 0 saturated carbocycles. The van der Waals surface area contributed by atoms with Crippen molar-refractivity contribution >= 4 is 5.82 Å². The fourth-order valence-corrected chi connectivity index (χ4v) is 2.20. The van der Waals surface area contributed by atoms with Gasteiger partial charge in [0.1, 0.15) is 5.82 Å². The zero-order valence-electron chi connectivity index (χ0n) is 10.8. The summed E-state index contributed by atoms with van der Waals surface area (Å²) >= 11 is 0. The van der Waals surface area contributed by atoms with Gasteiger partial charge in [0.2, 0.25) is 0 Å². The molecule has 0 aromatic carbocycles. The summed E-state index contributed by atoms with van der Waals surface area (Å²) in [4.78, 5) is 6.90. The predicted molar refractivity (Wildman–Crippen MR) is 68.9 cm³/mol. The van der Waals surface area contributed by atoms with Crippen LogP contribution in [0, 0.1) is 5.92 Å². The fourth-order valence-electron chi connectivity index (χ4n) is 2.20. The fraction of sp³-hybridized carbons (Fsp3) is 0.643. The molecule has 1 atom stereocenters. The first-order valence-electron chi connectivity index (χ1n) is 6.18. The first-order chi connectivity index (χ1) is 7.47.